The number of rotatable bonds is 3. The number of hydrogen-bond donors (Lipinski definition) is 2. The van der Waals surface area contributed by atoms with Crippen LogP contribution < -0.4 is 10.5 Å². The molecule has 0 amide bonds. The first-order valence-corrected chi connectivity index (χ1v) is 6.72. The molecule has 0 heterocycles. The van der Waals surface area contributed by atoms with Crippen LogP contribution in [0.1, 0.15) is 11.1 Å². The van der Waals surface area contributed by atoms with Crippen LogP contribution in [0.25, 0.3) is 0 Å². The molecule has 2 aromatic carbocycles. The maximum absolute atomic E-state index is 7.38. The molecule has 3 N–H and O–H groups in total. The van der Waals surface area contributed by atoms with Crippen molar-refractivity contribution in [3.8, 4) is 11.5 Å². The summed E-state index contributed by atoms with van der Waals surface area (Å²) in [5.74, 6) is 1.42. The van der Waals surface area contributed by atoms with E-state index in [0.29, 0.717) is 16.3 Å². The highest BCUT2D eigenvalue weighted by molar-refractivity contribution is 9.10. The molecule has 0 unspecified atom stereocenters. The van der Waals surface area contributed by atoms with Gasteiger partial charge in [0.1, 0.15) is 17.3 Å². The molecule has 0 fully saturated rings. The molecule has 19 heavy (non-hydrogen) atoms. The Morgan fingerprint density at radius 3 is 2.47 bits per heavy atom. The third kappa shape index (κ3) is 3.28. The lowest BCUT2D eigenvalue weighted by molar-refractivity contribution is 0.476. The number of nitrogens with two attached hydrogens (primary N) is 1. The molecule has 0 aliphatic heterocycles. The van der Waals surface area contributed by atoms with E-state index in [0.717, 1.165) is 15.8 Å². The lowest BCUT2D eigenvalue weighted by Crippen LogP contribution is -2.10. The Labute approximate surface area is 125 Å². The molecule has 5 heteroatoms. The van der Waals surface area contributed by atoms with Crippen LogP contribution in [-0.2, 0) is 0 Å². The van der Waals surface area contributed by atoms with Gasteiger partial charge in [0.15, 0.2) is 0 Å². The second-order valence-electron chi connectivity index (χ2n) is 4.07. The standard InChI is InChI=1S/C14H12BrClN2O/c1-8-6-10(16)3-5-12(8)19-13-4-2-9(14(17)18)7-11(13)15/h2-7H,1H3,(H3,17,18). The van der Waals surface area contributed by atoms with Gasteiger partial charge in [-0.05, 0) is 64.8 Å². The summed E-state index contributed by atoms with van der Waals surface area (Å²) in [6.07, 6.45) is 0. The maximum atomic E-state index is 7.38. The van der Waals surface area contributed by atoms with E-state index in [9.17, 15) is 0 Å². The Morgan fingerprint density at radius 1 is 1.21 bits per heavy atom. The predicted molar refractivity (Wildman–Crippen MR) is 81.4 cm³/mol. The van der Waals surface area contributed by atoms with Crippen molar-refractivity contribution in [2.24, 2.45) is 5.73 Å². The second kappa shape index (κ2) is 5.63. The SMILES string of the molecule is Cc1cc(Cl)ccc1Oc1ccc(C(=N)N)cc1Br. The zero-order valence-electron chi connectivity index (χ0n) is 10.2. The summed E-state index contributed by atoms with van der Waals surface area (Å²) in [5.41, 5.74) is 7.03. The lowest BCUT2D eigenvalue weighted by Gasteiger charge is -2.11. The third-order valence-corrected chi connectivity index (χ3v) is 3.45. The number of nitrogens with one attached hydrogen (secondary N) is 1. The zero-order valence-corrected chi connectivity index (χ0v) is 12.5. The van der Waals surface area contributed by atoms with Crippen molar-refractivity contribution in [3.05, 3.63) is 57.0 Å². The average molecular weight is 340 g/mol. The summed E-state index contributed by atoms with van der Waals surface area (Å²) in [6, 6.07) is 10.7. The van der Waals surface area contributed by atoms with Gasteiger partial charge in [-0.25, -0.2) is 0 Å². The minimum atomic E-state index is 0.0231. The van der Waals surface area contributed by atoms with Crippen LogP contribution in [0.5, 0.6) is 11.5 Å². The third-order valence-electron chi connectivity index (χ3n) is 2.60. The molecule has 0 saturated heterocycles. The minimum absolute atomic E-state index is 0.0231. The minimum Gasteiger partial charge on any atom is -0.456 e. The van der Waals surface area contributed by atoms with E-state index in [1.807, 2.05) is 19.1 Å². The van der Waals surface area contributed by atoms with Crippen LogP contribution in [0.2, 0.25) is 5.02 Å². The first-order chi connectivity index (χ1) is 8.97. The maximum Gasteiger partial charge on any atom is 0.141 e. The number of hydrogen-bond acceptors (Lipinski definition) is 2. The van der Waals surface area contributed by atoms with Crippen LogP contribution in [0, 0.1) is 12.3 Å². The lowest BCUT2D eigenvalue weighted by atomic mass is 10.2. The van der Waals surface area contributed by atoms with Crippen molar-refractivity contribution in [1.82, 2.24) is 0 Å². The van der Waals surface area contributed by atoms with Gasteiger partial charge in [-0.15, -0.1) is 0 Å². The fourth-order valence-electron chi connectivity index (χ4n) is 1.60. The Kier molecular flexibility index (Phi) is 4.12. The van der Waals surface area contributed by atoms with Crippen molar-refractivity contribution in [3.63, 3.8) is 0 Å². The summed E-state index contributed by atoms with van der Waals surface area (Å²) >= 11 is 9.31. The fourth-order valence-corrected chi connectivity index (χ4v) is 2.28. The Bertz CT molecular complexity index is 643. The molecule has 0 saturated carbocycles. The molecular formula is C14H12BrClN2O. The molecule has 0 aliphatic rings. The number of ether oxygens (including phenoxy) is 1. The van der Waals surface area contributed by atoms with E-state index in [1.165, 1.54) is 0 Å². The Hall–Kier alpha value is -1.52. The molecule has 98 valence electrons. The van der Waals surface area contributed by atoms with Crippen molar-refractivity contribution in [1.29, 1.82) is 5.41 Å². The molecule has 0 bridgehead atoms. The number of halogens is 2. The smallest absolute Gasteiger partial charge is 0.141 e. The Balaban J connectivity index is 2.31. The van der Waals surface area contributed by atoms with E-state index in [1.54, 1.807) is 24.3 Å². The predicted octanol–water partition coefficient (Wildman–Crippen LogP) is 4.49. The molecule has 0 radical (unpaired) electrons. The fraction of sp³-hybridized carbons (Fsp3) is 0.0714. The number of aryl methyl sites for hydroxylation is 1. The van der Waals surface area contributed by atoms with Gasteiger partial charge in [-0.2, -0.15) is 0 Å². The summed E-state index contributed by atoms with van der Waals surface area (Å²) in [5, 5.41) is 8.06. The van der Waals surface area contributed by atoms with E-state index in [-0.39, 0.29) is 5.84 Å². The van der Waals surface area contributed by atoms with Crippen molar-refractivity contribution < 1.29 is 4.74 Å². The van der Waals surface area contributed by atoms with Gasteiger partial charge in [-0.1, -0.05) is 11.6 Å². The van der Waals surface area contributed by atoms with E-state index in [4.69, 9.17) is 27.5 Å². The second-order valence-corrected chi connectivity index (χ2v) is 5.36. The highest BCUT2D eigenvalue weighted by Crippen LogP contribution is 2.32. The highest BCUT2D eigenvalue weighted by atomic mass is 79.9. The van der Waals surface area contributed by atoms with Crippen LogP contribution >= 0.6 is 27.5 Å². The molecular weight excluding hydrogens is 328 g/mol. The van der Waals surface area contributed by atoms with E-state index >= 15 is 0 Å². The van der Waals surface area contributed by atoms with Crippen LogP contribution in [-0.4, -0.2) is 5.84 Å². The number of benzene rings is 2. The average Bonchev–Trinajstić information content (AvgIpc) is 2.34. The van der Waals surface area contributed by atoms with Crippen LogP contribution in [0.4, 0.5) is 0 Å². The van der Waals surface area contributed by atoms with Gasteiger partial charge in [0.2, 0.25) is 0 Å². The molecule has 0 aliphatic carbocycles. The molecule has 3 nitrogen and oxygen atoms in total. The quantitative estimate of drug-likeness (QED) is 0.639. The number of nitrogen functional groups attached to an aromatic ring is 1. The highest BCUT2D eigenvalue weighted by Gasteiger charge is 2.07. The largest absolute Gasteiger partial charge is 0.456 e. The molecule has 2 rings (SSSR count). The first kappa shape index (κ1) is 13.9. The topological polar surface area (TPSA) is 59.1 Å². The van der Waals surface area contributed by atoms with Gasteiger partial charge >= 0.3 is 0 Å². The van der Waals surface area contributed by atoms with Crippen molar-refractivity contribution >= 4 is 33.4 Å². The molecule has 2 aromatic rings. The normalized spacial score (nSPS) is 10.3. The zero-order chi connectivity index (χ0) is 14.0. The van der Waals surface area contributed by atoms with Gasteiger partial charge in [0, 0.05) is 10.6 Å². The van der Waals surface area contributed by atoms with Gasteiger partial charge in [-0.3, -0.25) is 5.41 Å². The van der Waals surface area contributed by atoms with Crippen LogP contribution in [0.15, 0.2) is 40.9 Å². The summed E-state index contributed by atoms with van der Waals surface area (Å²) in [6.45, 7) is 1.93. The summed E-state index contributed by atoms with van der Waals surface area (Å²) < 4.78 is 6.56. The first-order valence-electron chi connectivity index (χ1n) is 5.55. The van der Waals surface area contributed by atoms with Crippen molar-refractivity contribution in [2.45, 2.75) is 6.92 Å². The molecule has 0 spiro atoms. The van der Waals surface area contributed by atoms with E-state index < -0.39 is 0 Å². The van der Waals surface area contributed by atoms with E-state index in [2.05, 4.69) is 15.9 Å². The number of amidine groups is 1. The molecule has 0 atom stereocenters. The van der Waals surface area contributed by atoms with Gasteiger partial charge < -0.3 is 10.5 Å². The van der Waals surface area contributed by atoms with Crippen LogP contribution in [0.3, 0.4) is 0 Å². The summed E-state index contributed by atoms with van der Waals surface area (Å²) in [7, 11) is 0. The summed E-state index contributed by atoms with van der Waals surface area (Å²) in [4.78, 5) is 0. The van der Waals surface area contributed by atoms with Gasteiger partial charge in [0.05, 0.1) is 4.47 Å². The van der Waals surface area contributed by atoms with Gasteiger partial charge in [0.25, 0.3) is 0 Å². The molecule has 0 aromatic heterocycles. The monoisotopic (exact) mass is 338 g/mol. The Morgan fingerprint density at radius 2 is 1.89 bits per heavy atom. The van der Waals surface area contributed by atoms with Crippen molar-refractivity contribution in [2.75, 3.05) is 0 Å².